The van der Waals surface area contributed by atoms with Crippen LogP contribution in [0.2, 0.25) is 0 Å². The molecule has 0 aliphatic carbocycles. The van der Waals surface area contributed by atoms with Crippen molar-refractivity contribution in [1.29, 1.82) is 0 Å². The average Bonchev–Trinajstić information content (AvgIpc) is 2.25. The summed E-state index contributed by atoms with van der Waals surface area (Å²) in [5.74, 6) is -0.0705. The van der Waals surface area contributed by atoms with Gasteiger partial charge in [-0.2, -0.15) is 0 Å². The Balaban J connectivity index is 4.20. The number of nitrogens with two attached hydrogens (primary N) is 2. The highest BCUT2D eigenvalue weighted by molar-refractivity contribution is 5.72. The van der Waals surface area contributed by atoms with Crippen molar-refractivity contribution in [3.05, 3.63) is 0 Å². The maximum atomic E-state index is 12.1. The molecule has 0 rings (SSSR count). The molecule has 0 radical (unpaired) electrons. The second-order valence-corrected chi connectivity index (χ2v) is 5.80. The second kappa shape index (κ2) is 9.34. The van der Waals surface area contributed by atoms with Crippen molar-refractivity contribution in [3.63, 3.8) is 0 Å². The maximum absolute atomic E-state index is 12.1. The molecule has 0 saturated carbocycles. The predicted molar refractivity (Wildman–Crippen MR) is 75.1 cm³/mol. The first-order valence-electron chi connectivity index (χ1n) is 7.03. The lowest BCUT2D eigenvalue weighted by molar-refractivity contribution is -0.160. The van der Waals surface area contributed by atoms with Gasteiger partial charge in [-0.15, -0.1) is 0 Å². The number of hydrogen-bond acceptors (Lipinski definition) is 4. The van der Waals surface area contributed by atoms with Gasteiger partial charge < -0.3 is 16.2 Å². The molecule has 0 aliphatic rings. The zero-order valence-corrected chi connectivity index (χ0v) is 12.2. The molecule has 0 aromatic rings. The van der Waals surface area contributed by atoms with Crippen molar-refractivity contribution in [1.82, 2.24) is 0 Å². The Kier molecular flexibility index (Phi) is 9.02. The van der Waals surface area contributed by atoms with Crippen LogP contribution in [-0.4, -0.2) is 24.7 Å². The SMILES string of the molecule is CC(C)(C)OC(=O)C(CCCCN)CCCCN. The van der Waals surface area contributed by atoms with E-state index in [2.05, 4.69) is 0 Å². The number of ether oxygens (including phenoxy) is 1. The fraction of sp³-hybridized carbons (Fsp3) is 0.929. The van der Waals surface area contributed by atoms with Crippen LogP contribution >= 0.6 is 0 Å². The Labute approximate surface area is 111 Å². The molecule has 0 aliphatic heterocycles. The Morgan fingerprint density at radius 1 is 1.00 bits per heavy atom. The molecule has 0 fully saturated rings. The highest BCUT2D eigenvalue weighted by Crippen LogP contribution is 2.20. The van der Waals surface area contributed by atoms with Crippen LogP contribution in [0.3, 0.4) is 0 Å². The van der Waals surface area contributed by atoms with Crippen molar-refractivity contribution in [2.45, 2.75) is 64.9 Å². The lowest BCUT2D eigenvalue weighted by atomic mass is 9.95. The van der Waals surface area contributed by atoms with Gasteiger partial charge in [-0.25, -0.2) is 0 Å². The van der Waals surface area contributed by atoms with Gasteiger partial charge in [-0.05, 0) is 59.5 Å². The fourth-order valence-corrected chi connectivity index (χ4v) is 1.84. The molecule has 4 N–H and O–H groups in total. The van der Waals surface area contributed by atoms with Gasteiger partial charge in [-0.3, -0.25) is 4.79 Å². The largest absolute Gasteiger partial charge is 0.460 e. The van der Waals surface area contributed by atoms with E-state index >= 15 is 0 Å². The molecule has 0 unspecified atom stereocenters. The number of unbranched alkanes of at least 4 members (excludes halogenated alkanes) is 2. The minimum absolute atomic E-state index is 0.00215. The molecule has 18 heavy (non-hydrogen) atoms. The van der Waals surface area contributed by atoms with Gasteiger partial charge in [0.15, 0.2) is 0 Å². The molecule has 4 nitrogen and oxygen atoms in total. The Bertz CT molecular complexity index is 214. The normalized spacial score (nSPS) is 11.9. The van der Waals surface area contributed by atoms with Crippen LogP contribution in [0.4, 0.5) is 0 Å². The molecule has 0 saturated heterocycles. The monoisotopic (exact) mass is 258 g/mol. The topological polar surface area (TPSA) is 78.3 Å². The molecule has 0 atom stereocenters. The van der Waals surface area contributed by atoms with E-state index in [4.69, 9.17) is 16.2 Å². The quantitative estimate of drug-likeness (QED) is 0.491. The van der Waals surface area contributed by atoms with Crippen LogP contribution in [0.5, 0.6) is 0 Å². The van der Waals surface area contributed by atoms with E-state index in [1.165, 1.54) is 0 Å². The van der Waals surface area contributed by atoms with Gasteiger partial charge in [0.25, 0.3) is 0 Å². The van der Waals surface area contributed by atoms with E-state index in [0.29, 0.717) is 13.1 Å². The third-order valence-corrected chi connectivity index (χ3v) is 2.75. The standard InChI is InChI=1S/C14H30N2O2/c1-14(2,3)18-13(17)12(8-4-6-10-15)9-5-7-11-16/h12H,4-11,15-16H2,1-3H3. The van der Waals surface area contributed by atoms with Crippen LogP contribution in [0.1, 0.15) is 59.3 Å². The summed E-state index contributed by atoms with van der Waals surface area (Å²) >= 11 is 0. The molecule has 0 heterocycles. The van der Waals surface area contributed by atoms with E-state index in [1.54, 1.807) is 0 Å². The highest BCUT2D eigenvalue weighted by atomic mass is 16.6. The summed E-state index contributed by atoms with van der Waals surface area (Å²) in [4.78, 5) is 12.1. The number of hydrogen-bond donors (Lipinski definition) is 2. The highest BCUT2D eigenvalue weighted by Gasteiger charge is 2.24. The molecule has 0 aromatic carbocycles. The zero-order valence-electron chi connectivity index (χ0n) is 12.2. The van der Waals surface area contributed by atoms with E-state index < -0.39 is 5.60 Å². The Morgan fingerprint density at radius 3 is 1.78 bits per heavy atom. The summed E-state index contributed by atoms with van der Waals surface area (Å²) in [6, 6.07) is 0. The Hall–Kier alpha value is -0.610. The van der Waals surface area contributed by atoms with E-state index in [0.717, 1.165) is 38.5 Å². The van der Waals surface area contributed by atoms with Crippen molar-refractivity contribution >= 4 is 5.97 Å². The smallest absolute Gasteiger partial charge is 0.309 e. The van der Waals surface area contributed by atoms with Crippen LogP contribution in [0, 0.1) is 5.92 Å². The van der Waals surface area contributed by atoms with Crippen LogP contribution < -0.4 is 11.5 Å². The minimum atomic E-state index is -0.406. The van der Waals surface area contributed by atoms with Crippen molar-refractivity contribution in [2.24, 2.45) is 17.4 Å². The summed E-state index contributed by atoms with van der Waals surface area (Å²) in [6.07, 6.45) is 5.66. The van der Waals surface area contributed by atoms with Gasteiger partial charge in [0.2, 0.25) is 0 Å². The molecular weight excluding hydrogens is 228 g/mol. The summed E-state index contributed by atoms with van der Waals surface area (Å²) in [6.45, 7) is 7.08. The predicted octanol–water partition coefficient (Wildman–Crippen LogP) is 2.20. The fourth-order valence-electron chi connectivity index (χ4n) is 1.84. The lowest BCUT2D eigenvalue weighted by Gasteiger charge is -2.24. The molecule has 0 aromatic heterocycles. The molecule has 0 spiro atoms. The molecule has 0 amide bonds. The third kappa shape index (κ3) is 9.42. The zero-order chi connectivity index (χ0) is 14.0. The summed E-state index contributed by atoms with van der Waals surface area (Å²) in [7, 11) is 0. The summed E-state index contributed by atoms with van der Waals surface area (Å²) in [5, 5.41) is 0. The number of carbonyl (C=O) groups is 1. The molecule has 4 heteroatoms. The van der Waals surface area contributed by atoms with Crippen molar-refractivity contribution in [3.8, 4) is 0 Å². The molecular formula is C14H30N2O2. The number of esters is 1. The van der Waals surface area contributed by atoms with Gasteiger partial charge in [0, 0.05) is 0 Å². The first kappa shape index (κ1) is 17.4. The van der Waals surface area contributed by atoms with Crippen molar-refractivity contribution < 1.29 is 9.53 Å². The molecule has 108 valence electrons. The van der Waals surface area contributed by atoms with Crippen LogP contribution in [0.15, 0.2) is 0 Å². The number of rotatable bonds is 9. The number of carbonyl (C=O) groups excluding carboxylic acids is 1. The molecule has 0 bridgehead atoms. The van der Waals surface area contributed by atoms with Crippen LogP contribution in [-0.2, 0) is 9.53 Å². The van der Waals surface area contributed by atoms with E-state index in [-0.39, 0.29) is 11.9 Å². The third-order valence-electron chi connectivity index (χ3n) is 2.75. The van der Waals surface area contributed by atoms with Crippen molar-refractivity contribution in [2.75, 3.05) is 13.1 Å². The van der Waals surface area contributed by atoms with Gasteiger partial charge in [-0.1, -0.05) is 12.8 Å². The first-order chi connectivity index (χ1) is 8.40. The second-order valence-electron chi connectivity index (χ2n) is 5.80. The van der Waals surface area contributed by atoms with Gasteiger partial charge in [0.1, 0.15) is 5.60 Å². The first-order valence-corrected chi connectivity index (χ1v) is 7.03. The summed E-state index contributed by atoms with van der Waals surface area (Å²) in [5.41, 5.74) is 10.6. The van der Waals surface area contributed by atoms with E-state index in [9.17, 15) is 4.79 Å². The van der Waals surface area contributed by atoms with Gasteiger partial charge >= 0.3 is 5.97 Å². The average molecular weight is 258 g/mol. The minimum Gasteiger partial charge on any atom is -0.460 e. The Morgan fingerprint density at radius 2 is 1.44 bits per heavy atom. The summed E-state index contributed by atoms with van der Waals surface area (Å²) < 4.78 is 5.46. The van der Waals surface area contributed by atoms with Gasteiger partial charge in [0.05, 0.1) is 5.92 Å². The van der Waals surface area contributed by atoms with Crippen LogP contribution in [0.25, 0.3) is 0 Å². The van der Waals surface area contributed by atoms with E-state index in [1.807, 2.05) is 20.8 Å². The lowest BCUT2D eigenvalue weighted by Crippen LogP contribution is -2.29. The maximum Gasteiger partial charge on any atom is 0.309 e.